The van der Waals surface area contributed by atoms with Crippen LogP contribution in [0.5, 0.6) is 17.2 Å². The van der Waals surface area contributed by atoms with Gasteiger partial charge in [0.25, 0.3) is 0 Å². The van der Waals surface area contributed by atoms with Gasteiger partial charge in [-0.1, -0.05) is 23.3 Å². The van der Waals surface area contributed by atoms with Crippen molar-refractivity contribution in [3.63, 3.8) is 0 Å². The zero-order valence-electron chi connectivity index (χ0n) is 11.9. The van der Waals surface area contributed by atoms with Crippen molar-refractivity contribution in [2.75, 3.05) is 6.61 Å². The zero-order chi connectivity index (χ0) is 15.1. The molecule has 4 nitrogen and oxygen atoms in total. The summed E-state index contributed by atoms with van der Waals surface area (Å²) < 4.78 is 0. The molecule has 0 spiro atoms. The van der Waals surface area contributed by atoms with E-state index in [1.54, 1.807) is 0 Å². The van der Waals surface area contributed by atoms with Gasteiger partial charge in [0, 0.05) is 17.7 Å². The second-order valence-corrected chi connectivity index (χ2v) is 4.96. The highest BCUT2D eigenvalue weighted by Crippen LogP contribution is 2.32. The van der Waals surface area contributed by atoms with E-state index in [2.05, 4.69) is 0 Å². The van der Waals surface area contributed by atoms with Crippen LogP contribution < -0.4 is 0 Å². The maximum atomic E-state index is 9.68. The summed E-state index contributed by atoms with van der Waals surface area (Å²) in [7, 11) is 0. The summed E-state index contributed by atoms with van der Waals surface area (Å²) in [6.45, 7) is 3.94. The molecule has 20 heavy (non-hydrogen) atoms. The zero-order valence-corrected chi connectivity index (χ0v) is 11.9. The SMILES string of the molecule is C/C(=C\CC/C(C)=C/Cc1c(O)cc(O)cc1O)CO. The Bertz CT molecular complexity index is 492. The number of phenols is 3. The van der Waals surface area contributed by atoms with E-state index >= 15 is 0 Å². The van der Waals surface area contributed by atoms with Gasteiger partial charge in [-0.2, -0.15) is 0 Å². The number of rotatable bonds is 6. The van der Waals surface area contributed by atoms with E-state index in [-0.39, 0.29) is 23.9 Å². The number of benzene rings is 1. The van der Waals surface area contributed by atoms with E-state index in [0.717, 1.165) is 24.0 Å². The van der Waals surface area contributed by atoms with E-state index in [4.69, 9.17) is 5.11 Å². The molecule has 1 aromatic carbocycles. The van der Waals surface area contributed by atoms with Crippen LogP contribution in [-0.2, 0) is 6.42 Å². The van der Waals surface area contributed by atoms with Gasteiger partial charge in [-0.25, -0.2) is 0 Å². The molecular formula is C16H22O4. The van der Waals surface area contributed by atoms with Crippen LogP contribution in [0.4, 0.5) is 0 Å². The monoisotopic (exact) mass is 278 g/mol. The van der Waals surface area contributed by atoms with E-state index in [0.29, 0.717) is 12.0 Å². The van der Waals surface area contributed by atoms with Crippen molar-refractivity contribution >= 4 is 0 Å². The molecule has 0 heterocycles. The lowest BCUT2D eigenvalue weighted by Crippen LogP contribution is -1.87. The van der Waals surface area contributed by atoms with Gasteiger partial charge in [0.2, 0.25) is 0 Å². The number of aromatic hydroxyl groups is 3. The molecule has 0 aliphatic heterocycles. The van der Waals surface area contributed by atoms with Crippen molar-refractivity contribution in [1.82, 2.24) is 0 Å². The van der Waals surface area contributed by atoms with E-state index in [1.165, 1.54) is 12.1 Å². The topological polar surface area (TPSA) is 80.9 Å². The number of aliphatic hydroxyl groups is 1. The average Bonchev–Trinajstić information content (AvgIpc) is 2.37. The van der Waals surface area contributed by atoms with Crippen molar-refractivity contribution in [2.45, 2.75) is 33.1 Å². The summed E-state index contributed by atoms with van der Waals surface area (Å²) in [5.74, 6) is -0.376. The first-order valence-electron chi connectivity index (χ1n) is 6.60. The highest BCUT2D eigenvalue weighted by molar-refractivity contribution is 5.49. The van der Waals surface area contributed by atoms with Crippen LogP contribution in [0.25, 0.3) is 0 Å². The molecule has 1 rings (SSSR count). The lowest BCUT2D eigenvalue weighted by molar-refractivity contribution is 0.331. The van der Waals surface area contributed by atoms with E-state index in [1.807, 2.05) is 26.0 Å². The molecule has 0 aliphatic rings. The molecule has 0 saturated heterocycles. The Kier molecular flexibility index (Phi) is 6.12. The van der Waals surface area contributed by atoms with Crippen molar-refractivity contribution in [3.8, 4) is 17.2 Å². The number of hydrogen-bond donors (Lipinski definition) is 4. The van der Waals surface area contributed by atoms with Gasteiger partial charge in [0.15, 0.2) is 0 Å². The molecule has 4 heteroatoms. The molecular weight excluding hydrogens is 256 g/mol. The predicted octanol–water partition coefficient (Wildman–Crippen LogP) is 3.01. The van der Waals surface area contributed by atoms with Crippen LogP contribution in [0.2, 0.25) is 0 Å². The third-order valence-corrected chi connectivity index (χ3v) is 3.12. The summed E-state index contributed by atoms with van der Waals surface area (Å²) in [6.07, 6.45) is 6.05. The standard InChI is InChI=1S/C16H22O4/c1-11(4-3-5-12(2)10-17)6-7-14-15(19)8-13(18)9-16(14)20/h5-6,8-9,17-20H,3-4,7,10H2,1-2H3/b11-6+,12-5+. The van der Waals surface area contributed by atoms with Crippen molar-refractivity contribution in [3.05, 3.63) is 41.0 Å². The van der Waals surface area contributed by atoms with Gasteiger partial charge in [-0.15, -0.1) is 0 Å². The van der Waals surface area contributed by atoms with Gasteiger partial charge in [0.05, 0.1) is 6.61 Å². The lowest BCUT2D eigenvalue weighted by atomic mass is 10.0. The molecule has 0 unspecified atom stereocenters. The fraction of sp³-hybridized carbons (Fsp3) is 0.375. The van der Waals surface area contributed by atoms with Gasteiger partial charge >= 0.3 is 0 Å². The van der Waals surface area contributed by atoms with Gasteiger partial charge in [-0.05, 0) is 33.1 Å². The number of allylic oxidation sites excluding steroid dienone is 3. The third kappa shape index (κ3) is 4.97. The molecule has 4 N–H and O–H groups in total. The highest BCUT2D eigenvalue weighted by atomic mass is 16.3. The molecule has 110 valence electrons. The number of phenolic OH excluding ortho intramolecular Hbond substituents is 3. The van der Waals surface area contributed by atoms with Crippen LogP contribution in [0.15, 0.2) is 35.4 Å². The summed E-state index contributed by atoms with van der Waals surface area (Å²) in [5, 5.41) is 37.5. The van der Waals surface area contributed by atoms with Gasteiger partial charge in [-0.3, -0.25) is 0 Å². The molecule has 0 aliphatic carbocycles. The Morgan fingerprint density at radius 1 is 1.00 bits per heavy atom. The summed E-state index contributed by atoms with van der Waals surface area (Å²) in [5.41, 5.74) is 2.50. The van der Waals surface area contributed by atoms with Crippen molar-refractivity contribution in [1.29, 1.82) is 0 Å². The predicted molar refractivity (Wildman–Crippen MR) is 79.0 cm³/mol. The van der Waals surface area contributed by atoms with Gasteiger partial charge < -0.3 is 20.4 Å². The Labute approximate surface area is 119 Å². The Morgan fingerprint density at radius 3 is 2.15 bits per heavy atom. The maximum Gasteiger partial charge on any atom is 0.126 e. The fourth-order valence-electron chi connectivity index (χ4n) is 1.83. The molecule has 0 atom stereocenters. The summed E-state index contributed by atoms with van der Waals surface area (Å²) in [4.78, 5) is 0. The summed E-state index contributed by atoms with van der Waals surface area (Å²) >= 11 is 0. The second-order valence-electron chi connectivity index (χ2n) is 4.96. The minimum absolute atomic E-state index is 0.0814. The van der Waals surface area contributed by atoms with Crippen LogP contribution in [-0.4, -0.2) is 27.0 Å². The normalized spacial score (nSPS) is 12.8. The first-order valence-corrected chi connectivity index (χ1v) is 6.60. The van der Waals surface area contributed by atoms with E-state index < -0.39 is 0 Å². The number of aliphatic hydroxyl groups excluding tert-OH is 1. The minimum atomic E-state index is -0.158. The molecule has 0 fully saturated rings. The first kappa shape index (κ1) is 16.1. The smallest absolute Gasteiger partial charge is 0.126 e. The molecule has 0 radical (unpaired) electrons. The average molecular weight is 278 g/mol. The first-order chi connectivity index (χ1) is 9.43. The highest BCUT2D eigenvalue weighted by Gasteiger charge is 2.08. The van der Waals surface area contributed by atoms with Crippen LogP contribution >= 0.6 is 0 Å². The molecule has 0 saturated carbocycles. The fourth-order valence-corrected chi connectivity index (χ4v) is 1.83. The van der Waals surface area contributed by atoms with Crippen molar-refractivity contribution < 1.29 is 20.4 Å². The molecule has 0 amide bonds. The third-order valence-electron chi connectivity index (χ3n) is 3.12. The summed E-state index contributed by atoms with van der Waals surface area (Å²) in [6, 6.07) is 2.43. The largest absolute Gasteiger partial charge is 0.508 e. The number of hydrogen-bond acceptors (Lipinski definition) is 4. The molecule has 1 aromatic rings. The van der Waals surface area contributed by atoms with Crippen LogP contribution in [0, 0.1) is 0 Å². The molecule has 0 bridgehead atoms. The Balaban J connectivity index is 2.63. The quantitative estimate of drug-likeness (QED) is 0.603. The van der Waals surface area contributed by atoms with Crippen molar-refractivity contribution in [2.24, 2.45) is 0 Å². The van der Waals surface area contributed by atoms with Gasteiger partial charge in [0.1, 0.15) is 17.2 Å². The Morgan fingerprint density at radius 2 is 1.60 bits per heavy atom. The minimum Gasteiger partial charge on any atom is -0.508 e. The van der Waals surface area contributed by atoms with Crippen LogP contribution in [0.3, 0.4) is 0 Å². The van der Waals surface area contributed by atoms with E-state index in [9.17, 15) is 15.3 Å². The maximum absolute atomic E-state index is 9.68. The molecule has 0 aromatic heterocycles. The lowest BCUT2D eigenvalue weighted by Gasteiger charge is -2.06. The second kappa shape index (κ2) is 7.60. The Hall–Kier alpha value is -1.94. The van der Waals surface area contributed by atoms with Crippen LogP contribution in [0.1, 0.15) is 32.3 Å².